The summed E-state index contributed by atoms with van der Waals surface area (Å²) in [6.07, 6.45) is 1.47. The lowest BCUT2D eigenvalue weighted by molar-refractivity contribution is -0.140. The highest BCUT2D eigenvalue weighted by Gasteiger charge is 2.20. The van der Waals surface area contributed by atoms with Crippen molar-refractivity contribution in [2.24, 2.45) is 5.92 Å². The number of benzene rings is 1. The van der Waals surface area contributed by atoms with E-state index in [2.05, 4.69) is 23.4 Å². The van der Waals surface area contributed by atoms with Gasteiger partial charge in [0.15, 0.2) is 5.82 Å². The summed E-state index contributed by atoms with van der Waals surface area (Å²) < 4.78 is 35.0. The van der Waals surface area contributed by atoms with Gasteiger partial charge in [-0.25, -0.2) is 9.78 Å². The number of imidazole rings is 1. The van der Waals surface area contributed by atoms with Gasteiger partial charge in [-0.2, -0.15) is 14.0 Å². The van der Waals surface area contributed by atoms with Crippen molar-refractivity contribution in [3.63, 3.8) is 0 Å². The lowest BCUT2D eigenvalue weighted by Gasteiger charge is -2.12. The molecule has 162 valence electrons. The zero-order valence-corrected chi connectivity index (χ0v) is 17.9. The molecule has 31 heavy (non-hydrogen) atoms. The highest BCUT2D eigenvalue weighted by molar-refractivity contribution is 5.98. The van der Waals surface area contributed by atoms with Crippen molar-refractivity contribution in [1.82, 2.24) is 14.1 Å². The number of alkyl halides is 2. The maximum atomic E-state index is 13.5. The second kappa shape index (κ2) is 9.13. The molecular formula is C23H24F2N4O2. The van der Waals surface area contributed by atoms with Crippen LogP contribution in [0.25, 0.3) is 17.1 Å². The standard InChI is InChI=1S/C23H24F2N4O2/c1-14(2)12-28-15(3)9-17(16(28)4)10-18(11-26)22(30)31-13-21-27-19-7-5-6-8-20(19)29(21)23(24)25/h5-10,14,23H,12-13H2,1-4H3/b18-10+. The van der Waals surface area contributed by atoms with Gasteiger partial charge in [-0.05, 0) is 49.6 Å². The fourth-order valence-electron chi connectivity index (χ4n) is 3.53. The van der Waals surface area contributed by atoms with Crippen molar-refractivity contribution in [2.45, 2.75) is 47.4 Å². The molecule has 3 aromatic rings. The van der Waals surface area contributed by atoms with E-state index in [4.69, 9.17) is 4.74 Å². The van der Waals surface area contributed by atoms with Gasteiger partial charge >= 0.3 is 12.5 Å². The first kappa shape index (κ1) is 22.2. The average molecular weight is 426 g/mol. The van der Waals surface area contributed by atoms with Gasteiger partial charge in [0, 0.05) is 17.9 Å². The fourth-order valence-corrected chi connectivity index (χ4v) is 3.53. The molecule has 0 aliphatic rings. The third-order valence-electron chi connectivity index (χ3n) is 5.00. The van der Waals surface area contributed by atoms with Crippen molar-refractivity contribution in [3.05, 3.63) is 58.7 Å². The van der Waals surface area contributed by atoms with Crippen LogP contribution in [0.1, 0.15) is 43.2 Å². The predicted molar refractivity (Wildman–Crippen MR) is 113 cm³/mol. The first-order valence-corrected chi connectivity index (χ1v) is 9.92. The van der Waals surface area contributed by atoms with Crippen LogP contribution in [0.4, 0.5) is 8.78 Å². The normalized spacial score (nSPS) is 12.0. The number of nitriles is 1. The van der Waals surface area contributed by atoms with Gasteiger partial charge in [0.2, 0.25) is 0 Å². The van der Waals surface area contributed by atoms with E-state index in [0.717, 1.165) is 28.1 Å². The van der Waals surface area contributed by atoms with Gasteiger partial charge in [0.25, 0.3) is 0 Å². The van der Waals surface area contributed by atoms with Crippen LogP contribution in [-0.4, -0.2) is 20.1 Å². The van der Waals surface area contributed by atoms with Crippen LogP contribution >= 0.6 is 0 Å². The Labute approximate surface area is 179 Å². The summed E-state index contributed by atoms with van der Waals surface area (Å²) in [6, 6.07) is 10.2. The number of para-hydroxylation sites is 2. The zero-order valence-electron chi connectivity index (χ0n) is 17.9. The molecule has 1 aromatic carbocycles. The first-order chi connectivity index (χ1) is 14.7. The number of nitrogens with zero attached hydrogens (tertiary/aromatic N) is 4. The van der Waals surface area contributed by atoms with Crippen molar-refractivity contribution in [1.29, 1.82) is 5.26 Å². The monoisotopic (exact) mass is 426 g/mol. The molecule has 2 aromatic heterocycles. The number of carbonyl (C=O) groups excluding carboxylic acids is 1. The SMILES string of the molecule is Cc1cc(/C=C(\C#N)C(=O)OCc2nc3ccccc3n2C(F)F)c(C)n1CC(C)C. The molecule has 0 spiro atoms. The fraction of sp³-hybridized carbons (Fsp3) is 0.348. The molecule has 3 rings (SSSR count). The van der Waals surface area contributed by atoms with Gasteiger partial charge in [-0.3, -0.25) is 4.57 Å². The van der Waals surface area contributed by atoms with Gasteiger partial charge in [-0.1, -0.05) is 26.0 Å². The minimum Gasteiger partial charge on any atom is -0.453 e. The van der Waals surface area contributed by atoms with Crippen molar-refractivity contribution in [3.8, 4) is 6.07 Å². The summed E-state index contributed by atoms with van der Waals surface area (Å²) in [5.41, 5.74) is 3.12. The third kappa shape index (κ3) is 4.66. The Morgan fingerprint density at radius 2 is 2.00 bits per heavy atom. The van der Waals surface area contributed by atoms with Crippen LogP contribution < -0.4 is 0 Å². The topological polar surface area (TPSA) is 72.8 Å². The molecule has 8 heteroatoms. The number of carbonyl (C=O) groups is 1. The molecule has 6 nitrogen and oxygen atoms in total. The van der Waals surface area contributed by atoms with E-state index in [-0.39, 0.29) is 16.9 Å². The van der Waals surface area contributed by atoms with Crippen molar-refractivity contribution in [2.75, 3.05) is 0 Å². The predicted octanol–water partition coefficient (Wildman–Crippen LogP) is 5.16. The Kier molecular flexibility index (Phi) is 6.54. The summed E-state index contributed by atoms with van der Waals surface area (Å²) in [4.78, 5) is 16.6. The second-order valence-electron chi connectivity index (χ2n) is 7.74. The molecule has 0 radical (unpaired) electrons. The van der Waals surface area contributed by atoms with E-state index in [9.17, 15) is 18.8 Å². The number of fused-ring (bicyclic) bond motifs is 1. The Morgan fingerprint density at radius 3 is 2.65 bits per heavy atom. The van der Waals surface area contributed by atoms with E-state index in [0.29, 0.717) is 11.4 Å². The first-order valence-electron chi connectivity index (χ1n) is 9.92. The van der Waals surface area contributed by atoms with Gasteiger partial charge in [-0.15, -0.1) is 0 Å². The minimum atomic E-state index is -2.83. The molecule has 0 N–H and O–H groups in total. The minimum absolute atomic E-state index is 0.0862. The van der Waals surface area contributed by atoms with Crippen LogP contribution in [0.5, 0.6) is 0 Å². The summed E-state index contributed by atoms with van der Waals surface area (Å²) in [6.45, 7) is 5.63. The maximum absolute atomic E-state index is 13.5. The molecule has 0 fully saturated rings. The molecule has 2 heterocycles. The van der Waals surface area contributed by atoms with E-state index >= 15 is 0 Å². The summed E-state index contributed by atoms with van der Waals surface area (Å²) in [5, 5.41) is 9.46. The Bertz CT molecular complexity index is 1180. The second-order valence-corrected chi connectivity index (χ2v) is 7.74. The number of halogens is 2. The molecule has 0 unspecified atom stereocenters. The van der Waals surface area contributed by atoms with Crippen molar-refractivity contribution >= 4 is 23.1 Å². The molecule has 0 aliphatic heterocycles. The molecule has 0 atom stereocenters. The zero-order chi connectivity index (χ0) is 22.7. The van der Waals surface area contributed by atoms with E-state index in [1.165, 1.54) is 12.1 Å². The van der Waals surface area contributed by atoms with Crippen LogP contribution in [-0.2, 0) is 22.7 Å². The molecule has 0 amide bonds. The number of hydrogen-bond acceptors (Lipinski definition) is 4. The lowest BCUT2D eigenvalue weighted by Crippen LogP contribution is -2.11. The van der Waals surface area contributed by atoms with Crippen molar-refractivity contribution < 1.29 is 18.3 Å². The van der Waals surface area contributed by atoms with Gasteiger partial charge in [0.1, 0.15) is 18.2 Å². The summed E-state index contributed by atoms with van der Waals surface area (Å²) >= 11 is 0. The number of esters is 1. The lowest BCUT2D eigenvalue weighted by atomic mass is 10.1. The molecule has 0 aliphatic carbocycles. The van der Waals surface area contributed by atoms with Gasteiger partial charge in [0.05, 0.1) is 11.0 Å². The van der Waals surface area contributed by atoms with Crippen LogP contribution in [0.15, 0.2) is 35.9 Å². The number of hydrogen-bond donors (Lipinski definition) is 0. The highest BCUT2D eigenvalue weighted by Crippen LogP contribution is 2.24. The number of aromatic nitrogens is 3. The summed E-state index contributed by atoms with van der Waals surface area (Å²) in [5.74, 6) is -0.530. The Morgan fingerprint density at radius 1 is 1.29 bits per heavy atom. The molecule has 0 saturated carbocycles. The van der Waals surface area contributed by atoms with Crippen LogP contribution in [0, 0.1) is 31.1 Å². The van der Waals surface area contributed by atoms with Crippen LogP contribution in [0.2, 0.25) is 0 Å². The quantitative estimate of drug-likeness (QED) is 0.297. The van der Waals surface area contributed by atoms with E-state index in [1.54, 1.807) is 18.2 Å². The number of rotatable bonds is 7. The number of aryl methyl sites for hydroxylation is 1. The van der Waals surface area contributed by atoms with Gasteiger partial charge < -0.3 is 9.30 Å². The van der Waals surface area contributed by atoms with Crippen LogP contribution in [0.3, 0.4) is 0 Å². The third-order valence-corrected chi connectivity index (χ3v) is 5.00. The smallest absolute Gasteiger partial charge is 0.349 e. The van der Waals surface area contributed by atoms with E-state index in [1.807, 2.05) is 26.0 Å². The largest absolute Gasteiger partial charge is 0.453 e. The highest BCUT2D eigenvalue weighted by atomic mass is 19.3. The summed E-state index contributed by atoms with van der Waals surface area (Å²) in [7, 11) is 0. The maximum Gasteiger partial charge on any atom is 0.349 e. The van der Waals surface area contributed by atoms with E-state index < -0.39 is 19.1 Å². The molecule has 0 saturated heterocycles. The average Bonchev–Trinajstić information content (AvgIpc) is 3.22. The number of ether oxygens (including phenoxy) is 1. The molecular weight excluding hydrogens is 402 g/mol. The molecule has 0 bridgehead atoms. The Balaban J connectivity index is 1.83. The Hall–Kier alpha value is -3.47.